The highest BCUT2D eigenvalue weighted by molar-refractivity contribution is 5.89. The molecular formula is C18H26NO2+. The summed E-state index contributed by atoms with van der Waals surface area (Å²) in [6, 6.07) is 8.38. The van der Waals surface area contributed by atoms with Crippen LogP contribution in [0.15, 0.2) is 24.3 Å². The van der Waals surface area contributed by atoms with Crippen LogP contribution in [0.3, 0.4) is 0 Å². The summed E-state index contributed by atoms with van der Waals surface area (Å²) in [5.41, 5.74) is 1.78. The van der Waals surface area contributed by atoms with E-state index in [9.17, 15) is 4.79 Å². The molecule has 21 heavy (non-hydrogen) atoms. The Bertz CT molecular complexity index is 498. The van der Waals surface area contributed by atoms with Crippen molar-refractivity contribution in [2.24, 2.45) is 5.92 Å². The molecule has 3 nitrogen and oxygen atoms in total. The third-order valence-corrected chi connectivity index (χ3v) is 5.11. The lowest BCUT2D eigenvalue weighted by molar-refractivity contribution is -0.940. The topological polar surface area (TPSA) is 30.7 Å². The van der Waals surface area contributed by atoms with Crippen LogP contribution < -0.4 is 4.90 Å². The zero-order chi connectivity index (χ0) is 14.7. The van der Waals surface area contributed by atoms with Crippen molar-refractivity contribution < 1.29 is 14.4 Å². The van der Waals surface area contributed by atoms with Gasteiger partial charge in [0.1, 0.15) is 6.61 Å². The molecule has 1 N–H and O–H groups in total. The molecular weight excluding hydrogens is 262 g/mol. The molecule has 1 unspecified atom stereocenters. The van der Waals surface area contributed by atoms with Crippen molar-refractivity contribution in [1.29, 1.82) is 0 Å². The van der Waals surface area contributed by atoms with E-state index < -0.39 is 0 Å². The number of hydrogen-bond donors (Lipinski definition) is 1. The Morgan fingerprint density at radius 2 is 2.10 bits per heavy atom. The molecule has 3 atom stereocenters. The summed E-state index contributed by atoms with van der Waals surface area (Å²) in [5, 5.41) is 0. The molecule has 0 radical (unpaired) electrons. The number of benzene rings is 1. The molecule has 2 aliphatic rings. The summed E-state index contributed by atoms with van der Waals surface area (Å²) >= 11 is 0. The van der Waals surface area contributed by atoms with Gasteiger partial charge in [-0.3, -0.25) is 0 Å². The van der Waals surface area contributed by atoms with E-state index in [-0.39, 0.29) is 5.97 Å². The molecule has 0 aromatic heterocycles. The first-order valence-corrected chi connectivity index (χ1v) is 8.32. The molecule has 2 heterocycles. The molecule has 1 aromatic rings. The minimum absolute atomic E-state index is 0.165. The number of carbonyl (C=O) groups excluding carboxylic acids is 1. The first-order valence-electron chi connectivity index (χ1n) is 8.32. The summed E-state index contributed by atoms with van der Waals surface area (Å²) in [7, 11) is 0. The third-order valence-electron chi connectivity index (χ3n) is 5.11. The fourth-order valence-electron chi connectivity index (χ4n) is 4.02. The fourth-order valence-corrected chi connectivity index (χ4v) is 4.02. The fraction of sp³-hybridized carbons (Fsp3) is 0.611. The molecule has 0 aliphatic carbocycles. The van der Waals surface area contributed by atoms with Gasteiger partial charge in [0.2, 0.25) is 0 Å². The molecule has 3 rings (SSSR count). The molecule has 2 saturated heterocycles. The van der Waals surface area contributed by atoms with Crippen LogP contribution in [0, 0.1) is 12.8 Å². The van der Waals surface area contributed by atoms with E-state index in [1.54, 1.807) is 4.90 Å². The maximum Gasteiger partial charge on any atom is 0.338 e. The predicted molar refractivity (Wildman–Crippen MR) is 82.5 cm³/mol. The minimum atomic E-state index is -0.165. The Morgan fingerprint density at radius 1 is 1.24 bits per heavy atom. The maximum absolute atomic E-state index is 12.2. The van der Waals surface area contributed by atoms with Crippen LogP contribution in [0.5, 0.6) is 0 Å². The van der Waals surface area contributed by atoms with Gasteiger partial charge < -0.3 is 9.64 Å². The average Bonchev–Trinajstić information content (AvgIpc) is 2.52. The minimum Gasteiger partial charge on any atom is -0.462 e. The van der Waals surface area contributed by atoms with Crippen molar-refractivity contribution in [1.82, 2.24) is 0 Å². The van der Waals surface area contributed by atoms with Gasteiger partial charge in [-0.25, -0.2) is 4.79 Å². The highest BCUT2D eigenvalue weighted by atomic mass is 16.5. The number of piperidine rings is 2. The second-order valence-electron chi connectivity index (χ2n) is 6.63. The van der Waals surface area contributed by atoms with Crippen molar-refractivity contribution in [2.45, 2.75) is 45.1 Å². The lowest BCUT2D eigenvalue weighted by atomic mass is 9.84. The zero-order valence-electron chi connectivity index (χ0n) is 12.9. The van der Waals surface area contributed by atoms with E-state index in [4.69, 9.17) is 4.74 Å². The summed E-state index contributed by atoms with van der Waals surface area (Å²) in [5.74, 6) is 0.393. The Labute approximate surface area is 127 Å². The lowest BCUT2D eigenvalue weighted by Gasteiger charge is -2.40. The van der Waals surface area contributed by atoms with Gasteiger partial charge in [0.05, 0.1) is 24.7 Å². The van der Waals surface area contributed by atoms with Gasteiger partial charge >= 0.3 is 5.97 Å². The van der Waals surface area contributed by atoms with Gasteiger partial charge in [-0.15, -0.1) is 0 Å². The number of carbonyl (C=O) groups is 1. The third kappa shape index (κ3) is 3.46. The van der Waals surface area contributed by atoms with Gasteiger partial charge in [-0.05, 0) is 51.2 Å². The predicted octanol–water partition coefficient (Wildman–Crippen LogP) is 2.00. The number of esters is 1. The van der Waals surface area contributed by atoms with Crippen LogP contribution in [0.4, 0.5) is 0 Å². The quantitative estimate of drug-likeness (QED) is 0.863. The molecule has 0 bridgehead atoms. The largest absolute Gasteiger partial charge is 0.462 e. The molecule has 3 heteroatoms. The van der Waals surface area contributed by atoms with Gasteiger partial charge in [0.15, 0.2) is 0 Å². The van der Waals surface area contributed by atoms with Gasteiger partial charge in [-0.2, -0.15) is 0 Å². The van der Waals surface area contributed by atoms with Crippen molar-refractivity contribution in [3.63, 3.8) is 0 Å². The smallest absolute Gasteiger partial charge is 0.338 e. The summed E-state index contributed by atoms with van der Waals surface area (Å²) in [6.45, 7) is 5.22. The highest BCUT2D eigenvalue weighted by Crippen LogP contribution is 2.21. The SMILES string of the molecule is Cc1cccc(C(=O)OC[C@H]2CCC[NH+]3CCCC[C@H]23)c1. The number of aryl methyl sites for hydroxylation is 1. The monoisotopic (exact) mass is 288 g/mol. The van der Waals surface area contributed by atoms with Gasteiger partial charge in [0.25, 0.3) is 0 Å². The molecule has 2 fully saturated rings. The van der Waals surface area contributed by atoms with E-state index in [0.29, 0.717) is 18.1 Å². The zero-order valence-corrected chi connectivity index (χ0v) is 12.9. The van der Waals surface area contributed by atoms with Crippen LogP contribution in [0.25, 0.3) is 0 Å². The molecule has 114 valence electrons. The van der Waals surface area contributed by atoms with Crippen molar-refractivity contribution >= 4 is 5.97 Å². The van der Waals surface area contributed by atoms with Crippen LogP contribution in [-0.2, 0) is 4.74 Å². The molecule has 0 spiro atoms. The van der Waals surface area contributed by atoms with Crippen LogP contribution in [0.1, 0.15) is 48.0 Å². The van der Waals surface area contributed by atoms with Crippen molar-refractivity contribution in [3.8, 4) is 0 Å². The Morgan fingerprint density at radius 3 is 2.95 bits per heavy atom. The lowest BCUT2D eigenvalue weighted by Crippen LogP contribution is -3.18. The molecule has 2 aliphatic heterocycles. The number of hydrogen-bond acceptors (Lipinski definition) is 2. The van der Waals surface area contributed by atoms with Crippen LogP contribution in [0.2, 0.25) is 0 Å². The van der Waals surface area contributed by atoms with Crippen molar-refractivity contribution in [3.05, 3.63) is 35.4 Å². The standard InChI is InChI=1S/C18H25NO2/c1-14-6-4-7-15(12-14)18(20)21-13-16-8-5-11-19-10-3-2-9-17(16)19/h4,6-7,12,16-17H,2-3,5,8-11,13H2,1H3/p+1/t16-,17-/m1/s1. The highest BCUT2D eigenvalue weighted by Gasteiger charge is 2.37. The Balaban J connectivity index is 1.57. The normalized spacial score (nSPS) is 28.7. The summed E-state index contributed by atoms with van der Waals surface area (Å²) < 4.78 is 5.62. The first-order chi connectivity index (χ1) is 10.2. The number of rotatable bonds is 3. The van der Waals surface area contributed by atoms with E-state index in [0.717, 1.165) is 11.6 Å². The van der Waals surface area contributed by atoms with E-state index >= 15 is 0 Å². The number of nitrogens with one attached hydrogen (secondary N) is 1. The number of quaternary nitrogens is 1. The Hall–Kier alpha value is -1.35. The first kappa shape index (κ1) is 14.6. The summed E-state index contributed by atoms with van der Waals surface area (Å²) in [4.78, 5) is 13.9. The molecule has 1 aromatic carbocycles. The van der Waals surface area contributed by atoms with E-state index in [2.05, 4.69) is 0 Å². The maximum atomic E-state index is 12.2. The van der Waals surface area contributed by atoms with Crippen LogP contribution >= 0.6 is 0 Å². The summed E-state index contributed by atoms with van der Waals surface area (Å²) in [6.07, 6.45) is 6.51. The van der Waals surface area contributed by atoms with Crippen molar-refractivity contribution in [2.75, 3.05) is 19.7 Å². The second kappa shape index (κ2) is 6.61. The van der Waals surface area contributed by atoms with Gasteiger partial charge in [-0.1, -0.05) is 17.7 Å². The van der Waals surface area contributed by atoms with Crippen LogP contribution in [-0.4, -0.2) is 31.7 Å². The molecule has 0 amide bonds. The Kier molecular flexibility index (Phi) is 4.59. The number of ether oxygens (including phenoxy) is 1. The second-order valence-corrected chi connectivity index (χ2v) is 6.63. The van der Waals surface area contributed by atoms with Gasteiger partial charge in [0, 0.05) is 5.92 Å². The number of fused-ring (bicyclic) bond motifs is 1. The average molecular weight is 288 g/mol. The molecule has 0 saturated carbocycles. The van der Waals surface area contributed by atoms with E-state index in [1.165, 1.54) is 45.2 Å². The van der Waals surface area contributed by atoms with E-state index in [1.807, 2.05) is 31.2 Å².